The lowest BCUT2D eigenvalue weighted by Gasteiger charge is -2.02. The molecule has 1 aliphatic heterocycles. The summed E-state index contributed by atoms with van der Waals surface area (Å²) in [4.78, 5) is 5.21. The molecule has 0 amide bonds. The van der Waals surface area contributed by atoms with Crippen LogP contribution >= 0.6 is 27.5 Å². The van der Waals surface area contributed by atoms with Gasteiger partial charge in [0.25, 0.3) is 0 Å². The van der Waals surface area contributed by atoms with E-state index in [-0.39, 0.29) is 6.10 Å². The Morgan fingerprint density at radius 1 is 1.50 bits per heavy atom. The molecule has 14 heavy (non-hydrogen) atoms. The van der Waals surface area contributed by atoms with Crippen LogP contribution in [0.5, 0.6) is 0 Å². The van der Waals surface area contributed by atoms with Crippen LogP contribution in [0.1, 0.15) is 12.0 Å². The number of oxime groups is 1. The summed E-state index contributed by atoms with van der Waals surface area (Å²) in [5, 5.41) is 5.54. The summed E-state index contributed by atoms with van der Waals surface area (Å²) >= 11 is 9.41. The highest BCUT2D eigenvalue weighted by molar-refractivity contribution is 9.09. The van der Waals surface area contributed by atoms with Gasteiger partial charge in [0, 0.05) is 22.3 Å². The fourth-order valence-corrected chi connectivity index (χ4v) is 1.96. The number of halogens is 2. The van der Waals surface area contributed by atoms with Gasteiger partial charge in [-0.25, -0.2) is 0 Å². The number of rotatable bonds is 2. The number of nitrogens with zero attached hydrogens (tertiary/aromatic N) is 1. The van der Waals surface area contributed by atoms with Crippen molar-refractivity contribution in [3.63, 3.8) is 0 Å². The first-order valence-electron chi connectivity index (χ1n) is 4.35. The van der Waals surface area contributed by atoms with Crippen molar-refractivity contribution in [2.75, 3.05) is 5.33 Å². The third-order valence-electron chi connectivity index (χ3n) is 2.09. The molecule has 1 aromatic carbocycles. The van der Waals surface area contributed by atoms with Crippen LogP contribution in [0.3, 0.4) is 0 Å². The molecule has 2 rings (SSSR count). The van der Waals surface area contributed by atoms with E-state index in [1.807, 2.05) is 24.3 Å². The molecule has 4 heteroatoms. The highest BCUT2D eigenvalue weighted by atomic mass is 79.9. The maximum absolute atomic E-state index is 6.05. The minimum Gasteiger partial charge on any atom is -0.391 e. The van der Waals surface area contributed by atoms with Crippen LogP contribution in [-0.4, -0.2) is 17.1 Å². The lowest BCUT2D eigenvalue weighted by atomic mass is 10.1. The number of benzene rings is 1. The Bertz CT molecular complexity index is 367. The highest BCUT2D eigenvalue weighted by Crippen LogP contribution is 2.23. The Kier molecular flexibility index (Phi) is 3.08. The standard InChI is InChI=1S/C10H9BrClNO/c11-6-7-5-10(13-14-7)8-3-1-2-4-9(8)12/h1-4,7H,5-6H2/t7-/m0/s1. The smallest absolute Gasteiger partial charge is 0.142 e. The van der Waals surface area contributed by atoms with Gasteiger partial charge in [-0.3, -0.25) is 0 Å². The van der Waals surface area contributed by atoms with Crippen LogP contribution in [0.25, 0.3) is 0 Å². The molecule has 0 spiro atoms. The Balaban J connectivity index is 2.22. The molecule has 74 valence electrons. The molecular weight excluding hydrogens is 265 g/mol. The minimum atomic E-state index is 0.140. The van der Waals surface area contributed by atoms with Gasteiger partial charge in [0.1, 0.15) is 6.10 Å². The zero-order valence-electron chi connectivity index (χ0n) is 7.41. The van der Waals surface area contributed by atoms with Gasteiger partial charge < -0.3 is 4.84 Å². The van der Waals surface area contributed by atoms with Crippen molar-refractivity contribution in [2.24, 2.45) is 5.16 Å². The van der Waals surface area contributed by atoms with Crippen LogP contribution in [0.15, 0.2) is 29.4 Å². The van der Waals surface area contributed by atoms with Gasteiger partial charge in [-0.1, -0.05) is 50.9 Å². The number of hydrogen-bond donors (Lipinski definition) is 0. The fraction of sp³-hybridized carbons (Fsp3) is 0.300. The predicted molar refractivity (Wildman–Crippen MR) is 61.3 cm³/mol. The Labute approximate surface area is 96.0 Å². The first kappa shape index (κ1) is 9.99. The van der Waals surface area contributed by atoms with E-state index < -0.39 is 0 Å². The quantitative estimate of drug-likeness (QED) is 0.759. The van der Waals surface area contributed by atoms with Crippen LogP contribution in [0.2, 0.25) is 5.02 Å². The zero-order valence-corrected chi connectivity index (χ0v) is 9.75. The van der Waals surface area contributed by atoms with Crippen molar-refractivity contribution >= 4 is 33.2 Å². The summed E-state index contributed by atoms with van der Waals surface area (Å²) in [6.45, 7) is 0. The predicted octanol–water partition coefficient (Wildman–Crippen LogP) is 3.23. The van der Waals surface area contributed by atoms with Crippen molar-refractivity contribution < 1.29 is 4.84 Å². The summed E-state index contributed by atoms with van der Waals surface area (Å²) in [5.74, 6) is 0. The first-order valence-corrected chi connectivity index (χ1v) is 5.84. The molecule has 1 atom stereocenters. The van der Waals surface area contributed by atoms with Gasteiger partial charge in [0.05, 0.1) is 5.71 Å². The number of alkyl halides is 1. The lowest BCUT2D eigenvalue weighted by molar-refractivity contribution is 0.104. The molecule has 0 unspecified atom stereocenters. The topological polar surface area (TPSA) is 21.6 Å². The average molecular weight is 275 g/mol. The zero-order chi connectivity index (χ0) is 9.97. The van der Waals surface area contributed by atoms with E-state index >= 15 is 0 Å². The molecule has 0 saturated heterocycles. The Hall–Kier alpha value is -0.540. The molecule has 0 saturated carbocycles. The number of hydrogen-bond acceptors (Lipinski definition) is 2. The van der Waals surface area contributed by atoms with Crippen molar-refractivity contribution in [1.29, 1.82) is 0 Å². The molecule has 2 nitrogen and oxygen atoms in total. The summed E-state index contributed by atoms with van der Waals surface area (Å²) in [7, 11) is 0. The summed E-state index contributed by atoms with van der Waals surface area (Å²) in [6, 6.07) is 7.68. The fourth-order valence-electron chi connectivity index (χ4n) is 1.37. The highest BCUT2D eigenvalue weighted by Gasteiger charge is 2.22. The monoisotopic (exact) mass is 273 g/mol. The molecule has 0 aliphatic carbocycles. The minimum absolute atomic E-state index is 0.140. The van der Waals surface area contributed by atoms with Gasteiger partial charge in [-0.05, 0) is 6.07 Å². The molecule has 1 heterocycles. The van der Waals surface area contributed by atoms with Crippen LogP contribution in [0.4, 0.5) is 0 Å². The molecule has 1 aromatic rings. The van der Waals surface area contributed by atoms with E-state index in [0.29, 0.717) is 0 Å². The van der Waals surface area contributed by atoms with Crippen LogP contribution in [-0.2, 0) is 4.84 Å². The van der Waals surface area contributed by atoms with E-state index in [0.717, 1.165) is 28.0 Å². The van der Waals surface area contributed by atoms with Crippen LogP contribution < -0.4 is 0 Å². The van der Waals surface area contributed by atoms with E-state index in [9.17, 15) is 0 Å². The van der Waals surface area contributed by atoms with Gasteiger partial charge in [-0.2, -0.15) is 0 Å². The maximum Gasteiger partial charge on any atom is 0.142 e. The van der Waals surface area contributed by atoms with Crippen molar-refractivity contribution in [2.45, 2.75) is 12.5 Å². The third kappa shape index (κ3) is 1.93. The van der Waals surface area contributed by atoms with Gasteiger partial charge >= 0.3 is 0 Å². The second-order valence-corrected chi connectivity index (χ2v) is 4.16. The molecule has 0 radical (unpaired) electrons. The SMILES string of the molecule is Clc1ccccc1C1=NO[C@H](CBr)C1. The van der Waals surface area contributed by atoms with E-state index in [1.165, 1.54) is 0 Å². The summed E-state index contributed by atoms with van der Waals surface area (Å²) < 4.78 is 0. The van der Waals surface area contributed by atoms with Gasteiger partial charge in [0.2, 0.25) is 0 Å². The van der Waals surface area contributed by atoms with Crippen molar-refractivity contribution in [3.8, 4) is 0 Å². The van der Waals surface area contributed by atoms with Crippen molar-refractivity contribution in [1.82, 2.24) is 0 Å². The van der Waals surface area contributed by atoms with E-state index in [4.69, 9.17) is 16.4 Å². The van der Waals surface area contributed by atoms with Gasteiger partial charge in [-0.15, -0.1) is 0 Å². The molecule has 0 bridgehead atoms. The molecule has 0 fully saturated rings. The molecular formula is C10H9BrClNO. The normalized spacial score (nSPS) is 20.4. The van der Waals surface area contributed by atoms with E-state index in [1.54, 1.807) is 0 Å². The molecule has 0 aromatic heterocycles. The third-order valence-corrected chi connectivity index (χ3v) is 3.14. The second kappa shape index (κ2) is 4.32. The molecule has 1 aliphatic rings. The average Bonchev–Trinajstić information content (AvgIpc) is 2.67. The first-order chi connectivity index (χ1) is 6.81. The largest absolute Gasteiger partial charge is 0.391 e. The van der Waals surface area contributed by atoms with Gasteiger partial charge in [0.15, 0.2) is 0 Å². The van der Waals surface area contributed by atoms with E-state index in [2.05, 4.69) is 21.1 Å². The van der Waals surface area contributed by atoms with Crippen molar-refractivity contribution in [3.05, 3.63) is 34.9 Å². The Morgan fingerprint density at radius 2 is 2.29 bits per heavy atom. The second-order valence-electron chi connectivity index (χ2n) is 3.10. The Morgan fingerprint density at radius 3 is 2.93 bits per heavy atom. The maximum atomic E-state index is 6.05. The molecule has 0 N–H and O–H groups in total. The summed E-state index contributed by atoms with van der Waals surface area (Å²) in [5.41, 5.74) is 1.90. The van der Waals surface area contributed by atoms with Crippen LogP contribution in [0, 0.1) is 0 Å². The summed E-state index contributed by atoms with van der Waals surface area (Å²) in [6.07, 6.45) is 0.955. The lowest BCUT2D eigenvalue weighted by Crippen LogP contribution is -2.09.